The van der Waals surface area contributed by atoms with Gasteiger partial charge in [-0.3, -0.25) is 14.9 Å². The van der Waals surface area contributed by atoms with Crippen LogP contribution < -0.4 is 5.01 Å². The van der Waals surface area contributed by atoms with E-state index in [0.29, 0.717) is 22.5 Å². The Kier molecular flexibility index (Phi) is 4.14. The van der Waals surface area contributed by atoms with Crippen LogP contribution in [0.15, 0.2) is 59.2 Å². The van der Waals surface area contributed by atoms with Crippen LogP contribution >= 0.6 is 11.6 Å². The van der Waals surface area contributed by atoms with Crippen molar-refractivity contribution in [2.45, 2.75) is 6.92 Å². The second-order valence-corrected chi connectivity index (χ2v) is 5.57. The van der Waals surface area contributed by atoms with E-state index in [0.717, 1.165) is 0 Å². The smallest absolute Gasteiger partial charge is 0.267 e. The maximum atomic E-state index is 12.6. The standard InChI is InChI=1S/C17H12ClN3O3/c1-11-14(9-12-7-8-15(18)16(10-12)21(23)24)17(22)20(19-11)13-5-3-2-4-6-13/h2-10H,1H3/b14-9-. The first kappa shape index (κ1) is 15.9. The molecular formula is C17H12ClN3O3. The summed E-state index contributed by atoms with van der Waals surface area (Å²) >= 11 is 5.81. The van der Waals surface area contributed by atoms with Crippen molar-refractivity contribution >= 4 is 40.7 Å². The molecule has 0 saturated heterocycles. The van der Waals surface area contributed by atoms with Crippen molar-refractivity contribution in [1.82, 2.24) is 0 Å². The number of carbonyl (C=O) groups is 1. The average molecular weight is 342 g/mol. The van der Waals surface area contributed by atoms with Crippen LogP contribution in [0.4, 0.5) is 11.4 Å². The zero-order valence-corrected chi connectivity index (χ0v) is 13.4. The highest BCUT2D eigenvalue weighted by atomic mass is 35.5. The van der Waals surface area contributed by atoms with Gasteiger partial charge in [0, 0.05) is 6.07 Å². The molecule has 0 bridgehead atoms. The van der Waals surface area contributed by atoms with E-state index in [1.54, 1.807) is 31.2 Å². The molecule has 0 spiro atoms. The minimum atomic E-state index is -0.558. The monoisotopic (exact) mass is 341 g/mol. The van der Waals surface area contributed by atoms with Crippen molar-refractivity contribution in [1.29, 1.82) is 0 Å². The lowest BCUT2D eigenvalue weighted by molar-refractivity contribution is -0.384. The van der Waals surface area contributed by atoms with Gasteiger partial charge in [-0.05, 0) is 36.8 Å². The number of carbonyl (C=O) groups excluding carboxylic acids is 1. The quantitative estimate of drug-likeness (QED) is 0.480. The second kappa shape index (κ2) is 6.25. The average Bonchev–Trinajstić information content (AvgIpc) is 2.85. The molecule has 6 nitrogen and oxygen atoms in total. The maximum absolute atomic E-state index is 12.6. The van der Waals surface area contributed by atoms with Crippen molar-refractivity contribution in [3.63, 3.8) is 0 Å². The molecule has 0 atom stereocenters. The van der Waals surface area contributed by atoms with Gasteiger partial charge in [-0.2, -0.15) is 10.1 Å². The zero-order valence-electron chi connectivity index (χ0n) is 12.6. The summed E-state index contributed by atoms with van der Waals surface area (Å²) in [5.41, 5.74) is 1.90. The van der Waals surface area contributed by atoms with Gasteiger partial charge in [0.25, 0.3) is 11.6 Å². The fourth-order valence-electron chi connectivity index (χ4n) is 2.35. The Labute approximate surface area is 142 Å². The van der Waals surface area contributed by atoms with Crippen molar-refractivity contribution in [3.8, 4) is 0 Å². The largest absolute Gasteiger partial charge is 0.288 e. The molecule has 0 radical (unpaired) electrons. The van der Waals surface area contributed by atoms with Crippen LogP contribution in [0, 0.1) is 10.1 Å². The third kappa shape index (κ3) is 2.91. The van der Waals surface area contributed by atoms with Crippen molar-refractivity contribution < 1.29 is 9.72 Å². The Hall–Kier alpha value is -2.99. The number of anilines is 1. The van der Waals surface area contributed by atoms with E-state index in [9.17, 15) is 14.9 Å². The lowest BCUT2D eigenvalue weighted by atomic mass is 10.1. The highest BCUT2D eigenvalue weighted by molar-refractivity contribution is 6.33. The molecule has 24 heavy (non-hydrogen) atoms. The lowest BCUT2D eigenvalue weighted by Crippen LogP contribution is -2.21. The molecule has 7 heteroatoms. The fraction of sp³-hybridized carbons (Fsp3) is 0.0588. The highest BCUT2D eigenvalue weighted by Gasteiger charge is 2.28. The summed E-state index contributed by atoms with van der Waals surface area (Å²) in [5.74, 6) is -0.281. The van der Waals surface area contributed by atoms with E-state index >= 15 is 0 Å². The minimum absolute atomic E-state index is 0.0520. The Bertz CT molecular complexity index is 891. The van der Waals surface area contributed by atoms with Gasteiger partial charge in [-0.15, -0.1) is 0 Å². The molecular weight excluding hydrogens is 330 g/mol. The van der Waals surface area contributed by atoms with Crippen molar-refractivity contribution in [2.75, 3.05) is 5.01 Å². The molecule has 1 heterocycles. The van der Waals surface area contributed by atoms with E-state index in [-0.39, 0.29) is 16.6 Å². The molecule has 2 aromatic carbocycles. The summed E-state index contributed by atoms with van der Waals surface area (Å²) < 4.78 is 0. The number of hydrogen-bond donors (Lipinski definition) is 0. The summed E-state index contributed by atoms with van der Waals surface area (Å²) in [5, 5.41) is 16.6. The molecule has 1 amide bonds. The van der Waals surface area contributed by atoms with E-state index in [4.69, 9.17) is 11.6 Å². The topological polar surface area (TPSA) is 75.8 Å². The van der Waals surface area contributed by atoms with Crippen LogP contribution in [-0.2, 0) is 4.79 Å². The van der Waals surface area contributed by atoms with Gasteiger partial charge in [0.15, 0.2) is 0 Å². The molecule has 0 aromatic heterocycles. The Balaban J connectivity index is 1.97. The number of benzene rings is 2. The normalized spacial score (nSPS) is 15.8. The number of para-hydroxylation sites is 1. The van der Waals surface area contributed by atoms with Crippen LogP contribution in [0.25, 0.3) is 6.08 Å². The summed E-state index contributed by atoms with van der Waals surface area (Å²) in [6.07, 6.45) is 1.58. The molecule has 3 rings (SSSR count). The van der Waals surface area contributed by atoms with Gasteiger partial charge in [0.1, 0.15) is 5.02 Å². The van der Waals surface area contributed by atoms with E-state index in [1.807, 2.05) is 18.2 Å². The molecule has 2 aromatic rings. The number of hydrogen-bond acceptors (Lipinski definition) is 4. The number of nitro benzene ring substituents is 1. The number of nitro groups is 1. The molecule has 0 aliphatic carbocycles. The molecule has 0 saturated carbocycles. The molecule has 0 N–H and O–H groups in total. The third-order valence-electron chi connectivity index (χ3n) is 3.54. The highest BCUT2D eigenvalue weighted by Crippen LogP contribution is 2.28. The molecule has 1 aliphatic rings. The molecule has 120 valence electrons. The summed E-state index contributed by atoms with van der Waals surface area (Å²) in [6.45, 7) is 1.72. The lowest BCUT2D eigenvalue weighted by Gasteiger charge is -2.11. The van der Waals surface area contributed by atoms with Crippen LogP contribution in [0.2, 0.25) is 5.02 Å². The Morgan fingerprint density at radius 1 is 1.21 bits per heavy atom. The van der Waals surface area contributed by atoms with Gasteiger partial charge in [-0.25, -0.2) is 0 Å². The Morgan fingerprint density at radius 3 is 2.58 bits per heavy atom. The van der Waals surface area contributed by atoms with Crippen LogP contribution in [0.5, 0.6) is 0 Å². The number of rotatable bonds is 3. The fourth-order valence-corrected chi connectivity index (χ4v) is 2.54. The second-order valence-electron chi connectivity index (χ2n) is 5.16. The molecule has 0 fully saturated rings. The van der Waals surface area contributed by atoms with Gasteiger partial charge in [0.05, 0.1) is 21.9 Å². The number of amides is 1. The van der Waals surface area contributed by atoms with Crippen LogP contribution in [0.1, 0.15) is 12.5 Å². The Morgan fingerprint density at radius 2 is 1.92 bits per heavy atom. The number of halogens is 1. The predicted octanol–water partition coefficient (Wildman–Crippen LogP) is 4.05. The van der Waals surface area contributed by atoms with E-state index < -0.39 is 4.92 Å². The number of hydrazone groups is 1. The first-order chi connectivity index (χ1) is 11.5. The van der Waals surface area contributed by atoms with Gasteiger partial charge < -0.3 is 0 Å². The zero-order chi connectivity index (χ0) is 17.3. The molecule has 0 unspecified atom stereocenters. The summed E-state index contributed by atoms with van der Waals surface area (Å²) in [6, 6.07) is 13.4. The number of nitrogens with zero attached hydrogens (tertiary/aromatic N) is 3. The summed E-state index contributed by atoms with van der Waals surface area (Å²) in [7, 11) is 0. The van der Waals surface area contributed by atoms with E-state index in [1.165, 1.54) is 17.1 Å². The first-order valence-electron chi connectivity index (χ1n) is 7.08. The van der Waals surface area contributed by atoms with Gasteiger partial charge in [0.2, 0.25) is 0 Å². The third-order valence-corrected chi connectivity index (χ3v) is 3.86. The van der Waals surface area contributed by atoms with Gasteiger partial charge in [-0.1, -0.05) is 35.9 Å². The maximum Gasteiger partial charge on any atom is 0.288 e. The summed E-state index contributed by atoms with van der Waals surface area (Å²) in [4.78, 5) is 23.0. The molecule has 1 aliphatic heterocycles. The van der Waals surface area contributed by atoms with Crippen molar-refractivity contribution in [3.05, 3.63) is 74.8 Å². The van der Waals surface area contributed by atoms with Gasteiger partial charge >= 0.3 is 0 Å². The van der Waals surface area contributed by atoms with Crippen molar-refractivity contribution in [2.24, 2.45) is 5.10 Å². The van der Waals surface area contributed by atoms with Crippen LogP contribution in [0.3, 0.4) is 0 Å². The first-order valence-corrected chi connectivity index (χ1v) is 7.46. The SMILES string of the molecule is CC1=NN(c2ccccc2)C(=O)/C1=C\c1ccc(Cl)c([N+](=O)[O-])c1. The van der Waals surface area contributed by atoms with Crippen LogP contribution in [-0.4, -0.2) is 16.5 Å². The minimum Gasteiger partial charge on any atom is -0.267 e. The predicted molar refractivity (Wildman–Crippen MR) is 93.1 cm³/mol. The van der Waals surface area contributed by atoms with E-state index in [2.05, 4.69) is 5.10 Å².